The highest BCUT2D eigenvalue weighted by Crippen LogP contribution is 2.38. The molecular weight excluding hydrogens is 190 g/mol. The SMILES string of the molecule is CC1CC1C(=O)Nc1ccc(CO)cc1. The quantitative estimate of drug-likeness (QED) is 0.790. The molecule has 2 N–H and O–H groups in total. The first-order valence-corrected chi connectivity index (χ1v) is 5.21. The zero-order valence-electron chi connectivity index (χ0n) is 8.73. The Labute approximate surface area is 89.1 Å². The van der Waals surface area contributed by atoms with E-state index in [2.05, 4.69) is 12.2 Å². The number of benzene rings is 1. The third-order valence-corrected chi connectivity index (χ3v) is 2.85. The van der Waals surface area contributed by atoms with Crippen LogP contribution in [0.4, 0.5) is 5.69 Å². The normalized spacial score (nSPS) is 23.6. The van der Waals surface area contributed by atoms with Gasteiger partial charge in [0.2, 0.25) is 5.91 Å². The number of anilines is 1. The molecule has 15 heavy (non-hydrogen) atoms. The molecule has 0 aliphatic heterocycles. The first kappa shape index (κ1) is 10.2. The minimum Gasteiger partial charge on any atom is -0.392 e. The first-order chi connectivity index (χ1) is 7.20. The van der Waals surface area contributed by atoms with Gasteiger partial charge in [-0.25, -0.2) is 0 Å². The van der Waals surface area contributed by atoms with Crippen molar-refractivity contribution in [3.8, 4) is 0 Å². The van der Waals surface area contributed by atoms with Crippen molar-refractivity contribution < 1.29 is 9.90 Å². The zero-order chi connectivity index (χ0) is 10.8. The lowest BCUT2D eigenvalue weighted by atomic mass is 10.2. The molecule has 0 spiro atoms. The number of carbonyl (C=O) groups is 1. The summed E-state index contributed by atoms with van der Waals surface area (Å²) in [6, 6.07) is 7.25. The van der Waals surface area contributed by atoms with Crippen LogP contribution in [-0.2, 0) is 11.4 Å². The van der Waals surface area contributed by atoms with Crippen molar-refractivity contribution in [3.05, 3.63) is 29.8 Å². The Bertz CT molecular complexity index is 358. The molecule has 3 nitrogen and oxygen atoms in total. The lowest BCUT2D eigenvalue weighted by Crippen LogP contribution is -2.14. The number of hydrogen-bond acceptors (Lipinski definition) is 2. The van der Waals surface area contributed by atoms with Gasteiger partial charge >= 0.3 is 0 Å². The zero-order valence-corrected chi connectivity index (χ0v) is 8.73. The largest absolute Gasteiger partial charge is 0.392 e. The van der Waals surface area contributed by atoms with E-state index in [0.29, 0.717) is 5.92 Å². The molecular formula is C12H15NO2. The van der Waals surface area contributed by atoms with Crippen LogP contribution in [0.1, 0.15) is 18.9 Å². The molecule has 1 aliphatic carbocycles. The molecule has 2 rings (SSSR count). The summed E-state index contributed by atoms with van der Waals surface area (Å²) in [7, 11) is 0. The fourth-order valence-electron chi connectivity index (χ4n) is 1.62. The van der Waals surface area contributed by atoms with Crippen LogP contribution in [0.3, 0.4) is 0 Å². The Balaban J connectivity index is 1.95. The molecule has 80 valence electrons. The molecule has 0 heterocycles. The lowest BCUT2D eigenvalue weighted by molar-refractivity contribution is -0.117. The third-order valence-electron chi connectivity index (χ3n) is 2.85. The van der Waals surface area contributed by atoms with Crippen LogP contribution in [0.15, 0.2) is 24.3 Å². The highest BCUT2D eigenvalue weighted by molar-refractivity contribution is 5.94. The summed E-state index contributed by atoms with van der Waals surface area (Å²) in [5, 5.41) is 11.7. The van der Waals surface area contributed by atoms with Gasteiger partial charge in [-0.2, -0.15) is 0 Å². The Morgan fingerprint density at radius 2 is 2.07 bits per heavy atom. The van der Waals surface area contributed by atoms with Gasteiger partial charge in [0, 0.05) is 11.6 Å². The number of rotatable bonds is 3. The number of amides is 1. The second-order valence-electron chi connectivity index (χ2n) is 4.16. The van der Waals surface area contributed by atoms with E-state index in [1.807, 2.05) is 24.3 Å². The molecule has 1 saturated carbocycles. The molecule has 0 radical (unpaired) electrons. The molecule has 1 amide bonds. The smallest absolute Gasteiger partial charge is 0.227 e. The van der Waals surface area contributed by atoms with Crippen molar-refractivity contribution in [2.24, 2.45) is 11.8 Å². The average molecular weight is 205 g/mol. The van der Waals surface area contributed by atoms with Crippen molar-refractivity contribution in [3.63, 3.8) is 0 Å². The van der Waals surface area contributed by atoms with Gasteiger partial charge in [-0.1, -0.05) is 19.1 Å². The van der Waals surface area contributed by atoms with Crippen molar-refractivity contribution >= 4 is 11.6 Å². The van der Waals surface area contributed by atoms with Crippen LogP contribution >= 0.6 is 0 Å². The molecule has 1 aliphatic rings. The summed E-state index contributed by atoms with van der Waals surface area (Å²) in [4.78, 5) is 11.6. The summed E-state index contributed by atoms with van der Waals surface area (Å²) < 4.78 is 0. The van der Waals surface area contributed by atoms with Gasteiger partial charge in [-0.3, -0.25) is 4.79 Å². The highest BCUT2D eigenvalue weighted by Gasteiger charge is 2.38. The molecule has 0 bridgehead atoms. The standard InChI is InChI=1S/C12H15NO2/c1-8-6-11(8)12(15)13-10-4-2-9(7-14)3-5-10/h2-5,8,11,14H,6-7H2,1H3,(H,13,15). The Hall–Kier alpha value is -1.35. The molecule has 3 heteroatoms. The number of aliphatic hydroxyl groups is 1. The van der Waals surface area contributed by atoms with Crippen LogP contribution in [0.5, 0.6) is 0 Å². The first-order valence-electron chi connectivity index (χ1n) is 5.21. The maximum Gasteiger partial charge on any atom is 0.227 e. The van der Waals surface area contributed by atoms with Crippen molar-refractivity contribution in [2.75, 3.05) is 5.32 Å². The van der Waals surface area contributed by atoms with Gasteiger partial charge < -0.3 is 10.4 Å². The predicted molar refractivity (Wildman–Crippen MR) is 58.3 cm³/mol. The fraction of sp³-hybridized carbons (Fsp3) is 0.417. The van der Waals surface area contributed by atoms with Crippen LogP contribution in [0, 0.1) is 11.8 Å². The fourth-order valence-corrected chi connectivity index (χ4v) is 1.62. The van der Waals surface area contributed by atoms with Crippen LogP contribution in [-0.4, -0.2) is 11.0 Å². The van der Waals surface area contributed by atoms with Crippen LogP contribution in [0.2, 0.25) is 0 Å². The van der Waals surface area contributed by atoms with E-state index in [9.17, 15) is 4.79 Å². The topological polar surface area (TPSA) is 49.3 Å². The van der Waals surface area contributed by atoms with Crippen LogP contribution in [0.25, 0.3) is 0 Å². The molecule has 0 aromatic heterocycles. The van der Waals surface area contributed by atoms with Crippen molar-refractivity contribution in [1.29, 1.82) is 0 Å². The monoisotopic (exact) mass is 205 g/mol. The molecule has 2 unspecified atom stereocenters. The second-order valence-corrected chi connectivity index (χ2v) is 4.16. The maximum absolute atomic E-state index is 11.6. The number of carbonyl (C=O) groups excluding carboxylic acids is 1. The minimum atomic E-state index is 0.0356. The van der Waals surface area contributed by atoms with E-state index in [4.69, 9.17) is 5.11 Å². The van der Waals surface area contributed by atoms with Crippen molar-refractivity contribution in [1.82, 2.24) is 0 Å². The Morgan fingerprint density at radius 3 is 2.53 bits per heavy atom. The van der Waals surface area contributed by atoms with Gasteiger partial charge in [-0.05, 0) is 30.0 Å². The number of nitrogens with one attached hydrogen (secondary N) is 1. The van der Waals surface area contributed by atoms with E-state index in [0.717, 1.165) is 17.7 Å². The number of hydrogen-bond donors (Lipinski definition) is 2. The van der Waals surface area contributed by atoms with Crippen LogP contribution < -0.4 is 5.32 Å². The lowest BCUT2D eigenvalue weighted by Gasteiger charge is -2.04. The van der Waals surface area contributed by atoms with E-state index >= 15 is 0 Å². The molecule has 1 aromatic carbocycles. The molecule has 1 fully saturated rings. The predicted octanol–water partition coefficient (Wildman–Crippen LogP) is 1.77. The van der Waals surface area contributed by atoms with E-state index in [1.54, 1.807) is 0 Å². The molecule has 2 atom stereocenters. The van der Waals surface area contributed by atoms with Gasteiger partial charge in [0.15, 0.2) is 0 Å². The Kier molecular flexibility index (Phi) is 2.73. The average Bonchev–Trinajstić information content (AvgIpc) is 2.97. The van der Waals surface area contributed by atoms with Crippen molar-refractivity contribution in [2.45, 2.75) is 20.0 Å². The number of aliphatic hydroxyl groups excluding tert-OH is 1. The summed E-state index contributed by atoms with van der Waals surface area (Å²) in [5.74, 6) is 0.837. The highest BCUT2D eigenvalue weighted by atomic mass is 16.3. The third kappa shape index (κ3) is 2.36. The van der Waals surface area contributed by atoms with Gasteiger partial charge in [-0.15, -0.1) is 0 Å². The van der Waals surface area contributed by atoms with Gasteiger partial charge in [0.1, 0.15) is 0 Å². The summed E-state index contributed by atoms with van der Waals surface area (Å²) in [5.41, 5.74) is 1.66. The molecule has 1 aromatic rings. The summed E-state index contributed by atoms with van der Waals surface area (Å²) >= 11 is 0. The maximum atomic E-state index is 11.6. The van der Waals surface area contributed by atoms with E-state index < -0.39 is 0 Å². The van der Waals surface area contributed by atoms with Gasteiger partial charge in [0.25, 0.3) is 0 Å². The minimum absolute atomic E-state index is 0.0356. The van der Waals surface area contributed by atoms with Gasteiger partial charge in [0.05, 0.1) is 6.61 Å². The van der Waals surface area contributed by atoms with E-state index in [1.165, 1.54) is 0 Å². The molecule has 0 saturated heterocycles. The Morgan fingerprint density at radius 1 is 1.47 bits per heavy atom. The second kappa shape index (κ2) is 4.03. The summed E-state index contributed by atoms with van der Waals surface area (Å²) in [6.07, 6.45) is 1.00. The van der Waals surface area contributed by atoms with E-state index in [-0.39, 0.29) is 18.4 Å². The summed E-state index contributed by atoms with van der Waals surface area (Å²) in [6.45, 7) is 2.12.